The highest BCUT2D eigenvalue weighted by molar-refractivity contribution is 8.01. The van der Waals surface area contributed by atoms with Gasteiger partial charge in [-0.1, -0.05) is 24.8 Å². The van der Waals surface area contributed by atoms with Crippen molar-refractivity contribution in [3.8, 4) is 0 Å². The molecule has 0 saturated carbocycles. The third-order valence-electron chi connectivity index (χ3n) is 1.73. The fourth-order valence-corrected chi connectivity index (χ4v) is 2.16. The standard InChI is InChI=1S/C9H11BOP/c1-3-12(10,11-2)9-7-5-4-6-8-9/h3-8H,1H2,2H3/q+1. The lowest BCUT2D eigenvalue weighted by molar-refractivity contribution is 0.469. The molecule has 3 heteroatoms. The van der Waals surface area contributed by atoms with Crippen LogP contribution in [0.25, 0.3) is 0 Å². The summed E-state index contributed by atoms with van der Waals surface area (Å²) in [5.41, 5.74) is 0. The van der Waals surface area contributed by atoms with Gasteiger partial charge in [-0.25, -0.2) is 0 Å². The lowest BCUT2D eigenvalue weighted by Gasteiger charge is -2.14. The van der Waals surface area contributed by atoms with Gasteiger partial charge in [0.1, 0.15) is 12.7 Å². The van der Waals surface area contributed by atoms with Crippen LogP contribution in [0.1, 0.15) is 0 Å². The van der Waals surface area contributed by atoms with Crippen LogP contribution in [0.3, 0.4) is 0 Å². The highest BCUT2D eigenvalue weighted by Gasteiger charge is 2.31. The average Bonchev–Trinajstić information content (AvgIpc) is 2.18. The summed E-state index contributed by atoms with van der Waals surface area (Å²) in [4.78, 5) is 0. The molecular formula is C9H11BOP+. The number of hydrogen-bond acceptors (Lipinski definition) is 1. The Kier molecular flexibility index (Phi) is 3.08. The summed E-state index contributed by atoms with van der Waals surface area (Å²) in [5.74, 6) is 1.70. The Labute approximate surface area is 75.2 Å². The van der Waals surface area contributed by atoms with E-state index in [2.05, 4.69) is 6.58 Å². The quantitative estimate of drug-likeness (QED) is 0.507. The summed E-state index contributed by atoms with van der Waals surface area (Å²) in [7, 11) is 5.58. The monoisotopic (exact) mass is 177 g/mol. The van der Waals surface area contributed by atoms with Crippen LogP contribution in [-0.4, -0.2) is 14.7 Å². The van der Waals surface area contributed by atoms with Gasteiger partial charge in [0.05, 0.1) is 12.9 Å². The molecule has 0 saturated heterocycles. The van der Waals surface area contributed by atoms with Crippen LogP contribution in [0.5, 0.6) is 0 Å². The van der Waals surface area contributed by atoms with E-state index < -0.39 is 7.37 Å². The maximum absolute atomic E-state index is 5.99. The van der Waals surface area contributed by atoms with Crippen molar-refractivity contribution < 1.29 is 4.52 Å². The third kappa shape index (κ3) is 1.77. The molecule has 1 aromatic rings. The first-order valence-corrected chi connectivity index (χ1v) is 5.49. The second-order valence-electron chi connectivity index (χ2n) is 2.41. The van der Waals surface area contributed by atoms with E-state index in [9.17, 15) is 0 Å². The molecule has 0 spiro atoms. The van der Waals surface area contributed by atoms with E-state index in [0.29, 0.717) is 0 Å². The molecule has 0 fully saturated rings. The molecule has 1 atom stereocenters. The first-order valence-electron chi connectivity index (χ1n) is 3.65. The van der Waals surface area contributed by atoms with Gasteiger partial charge in [0, 0.05) is 0 Å². The predicted octanol–water partition coefficient (Wildman–Crippen LogP) is 2.12. The smallest absolute Gasteiger partial charge is 0.250 e. The highest BCUT2D eigenvalue weighted by Crippen LogP contribution is 2.53. The topological polar surface area (TPSA) is 9.23 Å². The molecule has 0 aliphatic carbocycles. The van der Waals surface area contributed by atoms with Crippen molar-refractivity contribution in [3.63, 3.8) is 0 Å². The second-order valence-corrected chi connectivity index (χ2v) is 5.08. The van der Waals surface area contributed by atoms with Crippen molar-refractivity contribution in [2.24, 2.45) is 0 Å². The zero-order chi connectivity index (χ0) is 9.03. The normalized spacial score (nSPS) is 15.1. The van der Waals surface area contributed by atoms with Gasteiger partial charge in [0.2, 0.25) is 0 Å². The fraction of sp³-hybridized carbons (Fsp3) is 0.111. The van der Waals surface area contributed by atoms with Crippen molar-refractivity contribution in [1.29, 1.82) is 0 Å². The molecule has 0 aromatic heterocycles. The fourth-order valence-electron chi connectivity index (χ4n) is 0.946. The molecule has 0 aliphatic heterocycles. The second kappa shape index (κ2) is 3.89. The van der Waals surface area contributed by atoms with Gasteiger partial charge in [0.15, 0.2) is 0 Å². The van der Waals surface area contributed by atoms with E-state index in [0.717, 1.165) is 5.30 Å². The van der Waals surface area contributed by atoms with Gasteiger partial charge in [-0.2, -0.15) is 0 Å². The minimum absolute atomic E-state index is 1.02. The summed E-state index contributed by atoms with van der Waals surface area (Å²) >= 11 is 0. The Morgan fingerprint density at radius 1 is 1.42 bits per heavy atom. The molecule has 1 rings (SSSR count). The Balaban J connectivity index is 3.03. The Morgan fingerprint density at radius 2 is 2.00 bits per heavy atom. The number of hydrogen-bond donors (Lipinski definition) is 0. The molecule has 1 nitrogen and oxygen atoms in total. The summed E-state index contributed by atoms with van der Waals surface area (Å²) in [6.07, 6.45) is 0. The molecule has 60 valence electrons. The molecule has 12 heavy (non-hydrogen) atoms. The molecule has 1 aromatic carbocycles. The molecule has 0 amide bonds. The van der Waals surface area contributed by atoms with Gasteiger partial charge in [-0.3, -0.25) is 4.52 Å². The summed E-state index contributed by atoms with van der Waals surface area (Å²) < 4.78 is 5.24. The maximum Gasteiger partial charge on any atom is 0.414 e. The largest absolute Gasteiger partial charge is 0.414 e. The van der Waals surface area contributed by atoms with Crippen LogP contribution in [0, 0.1) is 0 Å². The first-order chi connectivity index (χ1) is 5.73. The molecule has 0 aliphatic rings. The van der Waals surface area contributed by atoms with Gasteiger partial charge in [-0.15, -0.1) is 0 Å². The van der Waals surface area contributed by atoms with E-state index >= 15 is 0 Å². The van der Waals surface area contributed by atoms with Crippen LogP contribution in [0.2, 0.25) is 0 Å². The van der Waals surface area contributed by atoms with Gasteiger partial charge >= 0.3 is 7.57 Å². The predicted molar refractivity (Wildman–Crippen MR) is 56.0 cm³/mol. The van der Waals surface area contributed by atoms with E-state index in [1.807, 2.05) is 30.3 Å². The van der Waals surface area contributed by atoms with E-state index in [-0.39, 0.29) is 0 Å². The van der Waals surface area contributed by atoms with Gasteiger partial charge in [-0.05, 0) is 12.1 Å². The Bertz CT molecular complexity index is 262. The van der Waals surface area contributed by atoms with Crippen LogP contribution >= 0.6 is 7.37 Å². The highest BCUT2D eigenvalue weighted by atomic mass is 31.2. The Hall–Kier alpha value is -0.585. The third-order valence-corrected chi connectivity index (χ3v) is 3.99. The summed E-state index contributed by atoms with van der Waals surface area (Å²) in [6, 6.07) is 9.75. The molecular weight excluding hydrogens is 166 g/mol. The van der Waals surface area contributed by atoms with E-state index in [1.54, 1.807) is 12.9 Å². The lowest BCUT2D eigenvalue weighted by atomic mass is 10.4. The van der Waals surface area contributed by atoms with Crippen LogP contribution < -0.4 is 5.30 Å². The van der Waals surface area contributed by atoms with Crippen LogP contribution in [0.4, 0.5) is 0 Å². The number of rotatable bonds is 3. The first kappa shape index (κ1) is 9.50. The zero-order valence-corrected chi connectivity index (χ0v) is 8.00. The van der Waals surface area contributed by atoms with E-state index in [1.165, 1.54) is 0 Å². The average molecular weight is 177 g/mol. The van der Waals surface area contributed by atoms with Crippen LogP contribution in [-0.2, 0) is 4.52 Å². The minimum Gasteiger partial charge on any atom is -0.250 e. The van der Waals surface area contributed by atoms with Crippen LogP contribution in [0.15, 0.2) is 42.7 Å². The minimum atomic E-state index is -2.02. The van der Waals surface area contributed by atoms with Crippen molar-refractivity contribution in [2.75, 3.05) is 7.11 Å². The summed E-state index contributed by atoms with van der Waals surface area (Å²) in [5, 5.41) is 1.02. The van der Waals surface area contributed by atoms with Crippen molar-refractivity contribution >= 4 is 20.2 Å². The van der Waals surface area contributed by atoms with Crippen molar-refractivity contribution in [1.82, 2.24) is 0 Å². The van der Waals surface area contributed by atoms with Crippen molar-refractivity contribution in [2.45, 2.75) is 0 Å². The lowest BCUT2D eigenvalue weighted by Crippen LogP contribution is -2.09. The SMILES string of the molecule is [B][P+](C=C)(OC)c1ccccc1. The molecule has 0 N–H and O–H groups in total. The zero-order valence-electron chi connectivity index (χ0n) is 7.10. The number of benzene rings is 1. The van der Waals surface area contributed by atoms with Gasteiger partial charge < -0.3 is 0 Å². The van der Waals surface area contributed by atoms with E-state index in [4.69, 9.17) is 12.1 Å². The molecule has 1 unspecified atom stereocenters. The summed E-state index contributed by atoms with van der Waals surface area (Å²) in [6.45, 7) is 3.68. The molecule has 0 bridgehead atoms. The van der Waals surface area contributed by atoms with Crippen molar-refractivity contribution in [3.05, 3.63) is 42.7 Å². The Morgan fingerprint density at radius 3 is 2.42 bits per heavy atom. The maximum atomic E-state index is 5.99. The molecule has 0 heterocycles. The van der Waals surface area contributed by atoms with Gasteiger partial charge in [0.25, 0.3) is 0 Å². The molecule has 2 radical (unpaired) electrons.